The maximum absolute atomic E-state index is 12.9. The summed E-state index contributed by atoms with van der Waals surface area (Å²) in [6.45, 7) is 1.18. The smallest absolute Gasteiger partial charge is 0.252 e. The second-order valence-corrected chi connectivity index (χ2v) is 9.72. The lowest BCUT2D eigenvalue weighted by atomic mass is 10.1. The Labute approximate surface area is 151 Å². The van der Waals surface area contributed by atoms with Gasteiger partial charge in [-0.05, 0) is 48.9 Å². The van der Waals surface area contributed by atoms with Crippen LogP contribution < -0.4 is 5.32 Å². The molecule has 2 unspecified atom stereocenters. The van der Waals surface area contributed by atoms with E-state index in [0.29, 0.717) is 34.4 Å². The number of fused-ring (bicyclic) bond motifs is 3. The van der Waals surface area contributed by atoms with Gasteiger partial charge in [-0.15, -0.1) is 23.7 Å². The van der Waals surface area contributed by atoms with Gasteiger partial charge < -0.3 is 5.32 Å². The zero-order valence-corrected chi connectivity index (χ0v) is 15.6. The number of rotatable bonds is 2. The van der Waals surface area contributed by atoms with E-state index >= 15 is 0 Å². The Morgan fingerprint density at radius 2 is 1.96 bits per heavy atom. The number of sulfonamides is 1. The van der Waals surface area contributed by atoms with E-state index < -0.39 is 10.0 Å². The van der Waals surface area contributed by atoms with E-state index in [1.165, 1.54) is 17.8 Å². The van der Waals surface area contributed by atoms with Crippen molar-refractivity contribution in [2.45, 2.75) is 35.6 Å². The number of nitrogens with one attached hydrogen (secondary N) is 1. The highest BCUT2D eigenvalue weighted by Crippen LogP contribution is 2.33. The van der Waals surface area contributed by atoms with E-state index in [4.69, 9.17) is 11.6 Å². The van der Waals surface area contributed by atoms with Gasteiger partial charge in [0.25, 0.3) is 10.0 Å². The monoisotopic (exact) mass is 392 g/mol. The Hall–Kier alpha value is -0.370. The standard InChI is InChI=1S/C15H17ClN2O2S2.ClH/c16-11-1-4-14-10(7-11)8-15(21-14)22(19,20)18-6-5-12-2-3-13(9-18)17-12;/h1,4,7-8,12-13,17H,2-3,5-6,9H2;1H. The summed E-state index contributed by atoms with van der Waals surface area (Å²) in [7, 11) is -3.41. The van der Waals surface area contributed by atoms with Crippen LogP contribution in [-0.2, 0) is 10.0 Å². The first-order valence-corrected chi connectivity index (χ1v) is 10.1. The molecule has 8 heteroatoms. The molecule has 0 spiro atoms. The summed E-state index contributed by atoms with van der Waals surface area (Å²) in [5.41, 5.74) is 0. The molecule has 2 aliphatic heterocycles. The van der Waals surface area contributed by atoms with E-state index in [1.807, 2.05) is 12.1 Å². The number of halogens is 2. The molecule has 126 valence electrons. The lowest BCUT2D eigenvalue weighted by molar-refractivity contribution is 0.384. The lowest BCUT2D eigenvalue weighted by Crippen LogP contribution is -2.38. The third-order valence-electron chi connectivity index (χ3n) is 4.54. The molecule has 2 saturated heterocycles. The molecular formula is C15H18Cl2N2O2S2. The summed E-state index contributed by atoms with van der Waals surface area (Å²) in [6, 6.07) is 8.02. The maximum Gasteiger partial charge on any atom is 0.252 e. The first kappa shape index (κ1) is 17.5. The number of nitrogens with zero attached hydrogens (tertiary/aromatic N) is 1. The molecule has 3 heterocycles. The van der Waals surface area contributed by atoms with Crippen LogP contribution in [0.15, 0.2) is 28.5 Å². The predicted molar refractivity (Wildman–Crippen MR) is 97.4 cm³/mol. The Kier molecular flexibility index (Phi) is 4.93. The second-order valence-electron chi connectivity index (χ2n) is 6.04. The summed E-state index contributed by atoms with van der Waals surface area (Å²) in [5.74, 6) is 0. The number of benzene rings is 1. The zero-order chi connectivity index (χ0) is 15.3. The number of hydrogen-bond donors (Lipinski definition) is 1. The second kappa shape index (κ2) is 6.50. The van der Waals surface area contributed by atoms with E-state index in [9.17, 15) is 8.42 Å². The van der Waals surface area contributed by atoms with Crippen molar-refractivity contribution in [1.82, 2.24) is 9.62 Å². The summed E-state index contributed by atoms with van der Waals surface area (Å²) in [4.78, 5) is 0. The van der Waals surface area contributed by atoms with Gasteiger partial charge in [0.05, 0.1) is 0 Å². The van der Waals surface area contributed by atoms with Crippen LogP contribution in [0.1, 0.15) is 19.3 Å². The van der Waals surface area contributed by atoms with E-state index in [0.717, 1.165) is 22.9 Å². The molecule has 2 bridgehead atoms. The minimum Gasteiger partial charge on any atom is -0.310 e. The molecule has 0 amide bonds. The van der Waals surface area contributed by atoms with Gasteiger partial charge in [0.2, 0.25) is 0 Å². The Morgan fingerprint density at radius 1 is 1.17 bits per heavy atom. The Morgan fingerprint density at radius 3 is 2.78 bits per heavy atom. The molecule has 2 atom stereocenters. The summed E-state index contributed by atoms with van der Waals surface area (Å²) >= 11 is 7.32. The first-order chi connectivity index (χ1) is 10.5. The van der Waals surface area contributed by atoms with E-state index in [1.54, 1.807) is 16.4 Å². The van der Waals surface area contributed by atoms with Crippen molar-refractivity contribution in [3.8, 4) is 0 Å². The summed E-state index contributed by atoms with van der Waals surface area (Å²) in [6.07, 6.45) is 3.13. The molecule has 4 nitrogen and oxygen atoms in total. The van der Waals surface area contributed by atoms with Gasteiger partial charge in [0.1, 0.15) is 4.21 Å². The van der Waals surface area contributed by atoms with Crippen molar-refractivity contribution in [1.29, 1.82) is 0 Å². The van der Waals surface area contributed by atoms with Gasteiger partial charge in [-0.2, -0.15) is 4.31 Å². The molecule has 1 aromatic carbocycles. The molecule has 2 aliphatic rings. The maximum atomic E-state index is 12.9. The predicted octanol–water partition coefficient (Wildman–Crippen LogP) is 3.49. The van der Waals surface area contributed by atoms with Gasteiger partial charge in [-0.3, -0.25) is 0 Å². The molecule has 1 N–H and O–H groups in total. The van der Waals surface area contributed by atoms with Crippen LogP contribution in [0.5, 0.6) is 0 Å². The molecule has 0 saturated carbocycles. The van der Waals surface area contributed by atoms with Crippen LogP contribution in [0.4, 0.5) is 0 Å². The third-order valence-corrected chi connectivity index (χ3v) is 8.20. The Bertz CT molecular complexity index is 822. The largest absolute Gasteiger partial charge is 0.310 e. The highest BCUT2D eigenvalue weighted by molar-refractivity contribution is 7.91. The van der Waals surface area contributed by atoms with Crippen molar-refractivity contribution in [3.63, 3.8) is 0 Å². The Balaban J connectivity index is 0.00000156. The van der Waals surface area contributed by atoms with Crippen molar-refractivity contribution in [3.05, 3.63) is 29.3 Å². The van der Waals surface area contributed by atoms with E-state index in [-0.39, 0.29) is 12.4 Å². The summed E-state index contributed by atoms with van der Waals surface area (Å²) < 4.78 is 28.9. The normalized spacial score (nSPS) is 25.3. The SMILES string of the molecule is Cl.O=S(=O)(c1cc2cc(Cl)ccc2s1)N1CCC2CCC(C1)N2. The highest BCUT2D eigenvalue weighted by atomic mass is 35.5. The molecule has 2 aromatic rings. The molecule has 0 aliphatic carbocycles. The van der Waals surface area contributed by atoms with Crippen LogP contribution >= 0.6 is 35.3 Å². The fourth-order valence-corrected chi connectivity index (χ4v) is 6.59. The van der Waals surface area contributed by atoms with Gasteiger partial charge in [-0.25, -0.2) is 8.42 Å². The third kappa shape index (κ3) is 3.25. The molecule has 1 aromatic heterocycles. The van der Waals surface area contributed by atoms with Crippen LogP contribution in [0.25, 0.3) is 10.1 Å². The molecule has 23 heavy (non-hydrogen) atoms. The van der Waals surface area contributed by atoms with Crippen molar-refractivity contribution < 1.29 is 8.42 Å². The number of hydrogen-bond acceptors (Lipinski definition) is 4. The molecule has 0 radical (unpaired) electrons. The van der Waals surface area contributed by atoms with Crippen molar-refractivity contribution >= 4 is 55.5 Å². The summed E-state index contributed by atoms with van der Waals surface area (Å²) in [5, 5.41) is 5.04. The first-order valence-electron chi connectivity index (χ1n) is 7.48. The quantitative estimate of drug-likeness (QED) is 0.850. The topological polar surface area (TPSA) is 49.4 Å². The van der Waals surface area contributed by atoms with Gasteiger partial charge in [0.15, 0.2) is 0 Å². The fraction of sp³-hybridized carbons (Fsp3) is 0.467. The van der Waals surface area contributed by atoms with Gasteiger partial charge >= 0.3 is 0 Å². The molecule has 4 rings (SSSR count). The molecular weight excluding hydrogens is 375 g/mol. The van der Waals surface area contributed by atoms with Crippen LogP contribution in [0, 0.1) is 0 Å². The lowest BCUT2D eigenvalue weighted by Gasteiger charge is -2.22. The average molecular weight is 393 g/mol. The minimum atomic E-state index is -3.41. The minimum absolute atomic E-state index is 0. The zero-order valence-electron chi connectivity index (χ0n) is 12.4. The molecule has 2 fully saturated rings. The number of thiophene rings is 1. The average Bonchev–Trinajstić information content (AvgIpc) is 3.01. The van der Waals surface area contributed by atoms with Gasteiger partial charge in [0, 0.05) is 34.9 Å². The van der Waals surface area contributed by atoms with Crippen LogP contribution in [0.3, 0.4) is 0 Å². The fourth-order valence-electron chi connectivity index (χ4n) is 3.37. The van der Waals surface area contributed by atoms with Crippen molar-refractivity contribution in [2.24, 2.45) is 0 Å². The van der Waals surface area contributed by atoms with Crippen molar-refractivity contribution in [2.75, 3.05) is 13.1 Å². The van der Waals surface area contributed by atoms with Gasteiger partial charge in [-0.1, -0.05) is 11.6 Å². The highest BCUT2D eigenvalue weighted by Gasteiger charge is 2.35. The van der Waals surface area contributed by atoms with Crippen LogP contribution in [0.2, 0.25) is 5.02 Å². The van der Waals surface area contributed by atoms with Crippen LogP contribution in [-0.4, -0.2) is 37.9 Å². The van der Waals surface area contributed by atoms with E-state index in [2.05, 4.69) is 5.32 Å².